The molecular weight excluding hydrogens is 284 g/mol. The molecule has 0 aliphatic carbocycles. The summed E-state index contributed by atoms with van der Waals surface area (Å²) in [6.07, 6.45) is 3.31. The standard InChI is InChI=1S/C11H12N4O4S/c1-20-10-3-2-8(19-10)11(18)12-4-7-5-15(14-13-7)6-9(16)17/h2-3,5H,4,6H2,1H3,(H,12,18)(H,16,17). The van der Waals surface area contributed by atoms with Crippen LogP contribution in [0.1, 0.15) is 16.2 Å². The summed E-state index contributed by atoms with van der Waals surface area (Å²) in [6, 6.07) is 3.30. The molecule has 0 aromatic carbocycles. The molecule has 0 saturated carbocycles. The van der Waals surface area contributed by atoms with Gasteiger partial charge in [0.1, 0.15) is 12.2 Å². The molecule has 0 saturated heterocycles. The van der Waals surface area contributed by atoms with Gasteiger partial charge in [-0.05, 0) is 18.4 Å². The Balaban J connectivity index is 1.89. The van der Waals surface area contributed by atoms with Crippen molar-refractivity contribution in [2.45, 2.75) is 18.2 Å². The maximum Gasteiger partial charge on any atom is 0.325 e. The van der Waals surface area contributed by atoms with E-state index in [2.05, 4.69) is 15.6 Å². The van der Waals surface area contributed by atoms with Crippen LogP contribution in [0.15, 0.2) is 27.8 Å². The van der Waals surface area contributed by atoms with E-state index in [4.69, 9.17) is 9.52 Å². The van der Waals surface area contributed by atoms with Crippen LogP contribution in [0.2, 0.25) is 0 Å². The van der Waals surface area contributed by atoms with Gasteiger partial charge in [0.2, 0.25) is 0 Å². The van der Waals surface area contributed by atoms with Gasteiger partial charge in [0.05, 0.1) is 12.7 Å². The average molecular weight is 296 g/mol. The molecule has 2 heterocycles. The number of hydrogen-bond acceptors (Lipinski definition) is 6. The van der Waals surface area contributed by atoms with Gasteiger partial charge in [-0.1, -0.05) is 17.0 Å². The Labute approximate surface area is 118 Å². The van der Waals surface area contributed by atoms with Gasteiger partial charge in [-0.2, -0.15) is 0 Å². The number of nitrogens with one attached hydrogen (secondary N) is 1. The van der Waals surface area contributed by atoms with Gasteiger partial charge in [0.25, 0.3) is 5.91 Å². The summed E-state index contributed by atoms with van der Waals surface area (Å²) in [6.45, 7) is -0.121. The van der Waals surface area contributed by atoms with E-state index in [-0.39, 0.29) is 24.8 Å². The Morgan fingerprint density at radius 1 is 1.50 bits per heavy atom. The van der Waals surface area contributed by atoms with E-state index in [1.165, 1.54) is 22.6 Å². The lowest BCUT2D eigenvalue weighted by molar-refractivity contribution is -0.137. The predicted octanol–water partition coefficient (Wildman–Crippen LogP) is 0.608. The zero-order chi connectivity index (χ0) is 14.5. The van der Waals surface area contributed by atoms with Crippen molar-refractivity contribution in [3.63, 3.8) is 0 Å². The highest BCUT2D eigenvalue weighted by Crippen LogP contribution is 2.17. The number of amides is 1. The SMILES string of the molecule is CSc1ccc(C(=O)NCc2cn(CC(=O)O)nn2)o1. The van der Waals surface area contributed by atoms with Crippen LogP contribution in [-0.4, -0.2) is 38.2 Å². The molecule has 0 bridgehead atoms. The number of hydrogen-bond donors (Lipinski definition) is 2. The van der Waals surface area contributed by atoms with E-state index in [0.29, 0.717) is 10.8 Å². The molecule has 1 amide bonds. The Morgan fingerprint density at radius 3 is 2.95 bits per heavy atom. The number of carboxylic acids is 1. The minimum absolute atomic E-state index is 0.147. The van der Waals surface area contributed by atoms with Gasteiger partial charge in [-0.15, -0.1) is 5.10 Å². The third-order valence-electron chi connectivity index (χ3n) is 2.32. The van der Waals surface area contributed by atoms with Crippen molar-refractivity contribution in [3.8, 4) is 0 Å². The second-order valence-corrected chi connectivity index (χ2v) is 4.62. The summed E-state index contributed by atoms with van der Waals surface area (Å²) in [5.74, 6) is -1.16. The van der Waals surface area contributed by atoms with E-state index in [0.717, 1.165) is 0 Å². The molecule has 2 aromatic rings. The molecular formula is C11H12N4O4S. The number of carboxylic acid groups (broad SMARTS) is 1. The highest BCUT2D eigenvalue weighted by molar-refractivity contribution is 7.98. The molecule has 0 atom stereocenters. The maximum atomic E-state index is 11.8. The molecule has 0 aliphatic rings. The first-order valence-corrected chi connectivity index (χ1v) is 6.84. The zero-order valence-electron chi connectivity index (χ0n) is 10.6. The summed E-state index contributed by atoms with van der Waals surface area (Å²) >= 11 is 1.40. The molecule has 20 heavy (non-hydrogen) atoms. The number of aromatic nitrogens is 3. The van der Waals surface area contributed by atoms with Crippen LogP contribution in [0.25, 0.3) is 0 Å². The summed E-state index contributed by atoms with van der Waals surface area (Å²) in [7, 11) is 0. The fraction of sp³-hybridized carbons (Fsp3) is 0.273. The molecule has 0 fully saturated rings. The average Bonchev–Trinajstić information content (AvgIpc) is 3.04. The van der Waals surface area contributed by atoms with Crippen LogP contribution >= 0.6 is 11.8 Å². The number of furan rings is 1. The lowest BCUT2D eigenvalue weighted by Crippen LogP contribution is -2.22. The molecule has 2 aromatic heterocycles. The number of thioether (sulfide) groups is 1. The van der Waals surface area contributed by atoms with E-state index in [9.17, 15) is 9.59 Å². The Morgan fingerprint density at radius 2 is 2.30 bits per heavy atom. The van der Waals surface area contributed by atoms with Crippen molar-refractivity contribution in [1.29, 1.82) is 0 Å². The Bertz CT molecular complexity index is 621. The third-order valence-corrected chi connectivity index (χ3v) is 2.94. The van der Waals surface area contributed by atoms with Crippen LogP contribution in [-0.2, 0) is 17.9 Å². The lowest BCUT2D eigenvalue weighted by Gasteiger charge is -1.99. The van der Waals surface area contributed by atoms with Crippen LogP contribution in [0.3, 0.4) is 0 Å². The lowest BCUT2D eigenvalue weighted by atomic mass is 10.4. The van der Waals surface area contributed by atoms with E-state index < -0.39 is 5.97 Å². The highest BCUT2D eigenvalue weighted by atomic mass is 32.2. The molecule has 0 radical (unpaired) electrons. The number of carbonyl (C=O) groups excluding carboxylic acids is 1. The molecule has 8 nitrogen and oxygen atoms in total. The molecule has 0 spiro atoms. The first kappa shape index (κ1) is 14.1. The second-order valence-electron chi connectivity index (χ2n) is 3.81. The quantitative estimate of drug-likeness (QED) is 0.751. The van der Waals surface area contributed by atoms with E-state index in [1.54, 1.807) is 12.1 Å². The number of rotatable bonds is 6. The third kappa shape index (κ3) is 3.60. The maximum absolute atomic E-state index is 11.8. The summed E-state index contributed by atoms with van der Waals surface area (Å²) in [5, 5.41) is 19.3. The Hall–Kier alpha value is -2.29. The van der Waals surface area contributed by atoms with Gasteiger partial charge < -0.3 is 14.8 Å². The van der Waals surface area contributed by atoms with Crippen LogP contribution in [0.5, 0.6) is 0 Å². The van der Waals surface area contributed by atoms with Gasteiger partial charge in [-0.25, -0.2) is 4.68 Å². The van der Waals surface area contributed by atoms with Gasteiger partial charge in [0.15, 0.2) is 10.9 Å². The van der Waals surface area contributed by atoms with Crippen LogP contribution in [0, 0.1) is 0 Å². The smallest absolute Gasteiger partial charge is 0.325 e. The summed E-state index contributed by atoms with van der Waals surface area (Å²) in [5.41, 5.74) is 0.469. The minimum atomic E-state index is -1.01. The number of aliphatic carboxylic acids is 1. The highest BCUT2D eigenvalue weighted by Gasteiger charge is 2.11. The predicted molar refractivity (Wildman–Crippen MR) is 69.3 cm³/mol. The van der Waals surface area contributed by atoms with Gasteiger partial charge in [0, 0.05) is 0 Å². The monoisotopic (exact) mass is 296 g/mol. The fourth-order valence-electron chi connectivity index (χ4n) is 1.45. The van der Waals surface area contributed by atoms with Crippen molar-refractivity contribution in [2.24, 2.45) is 0 Å². The Kier molecular flexibility index (Phi) is 4.41. The summed E-state index contributed by atoms with van der Waals surface area (Å²) in [4.78, 5) is 22.3. The molecule has 0 aliphatic heterocycles. The number of carbonyl (C=O) groups is 2. The second kappa shape index (κ2) is 6.24. The first-order chi connectivity index (χ1) is 9.58. The van der Waals surface area contributed by atoms with Gasteiger partial charge >= 0.3 is 5.97 Å². The van der Waals surface area contributed by atoms with Crippen molar-refractivity contribution in [1.82, 2.24) is 20.3 Å². The molecule has 2 rings (SSSR count). The molecule has 0 unspecified atom stereocenters. The van der Waals surface area contributed by atoms with Crippen molar-refractivity contribution in [3.05, 3.63) is 29.8 Å². The zero-order valence-corrected chi connectivity index (χ0v) is 11.4. The molecule has 2 N–H and O–H groups in total. The van der Waals surface area contributed by atoms with Crippen molar-refractivity contribution in [2.75, 3.05) is 6.26 Å². The van der Waals surface area contributed by atoms with E-state index >= 15 is 0 Å². The largest absolute Gasteiger partial charge is 0.480 e. The van der Waals surface area contributed by atoms with Crippen LogP contribution < -0.4 is 5.32 Å². The normalized spacial score (nSPS) is 10.4. The fourth-order valence-corrected chi connectivity index (χ4v) is 1.82. The van der Waals surface area contributed by atoms with Crippen molar-refractivity contribution < 1.29 is 19.1 Å². The molecule has 9 heteroatoms. The molecule has 106 valence electrons. The number of nitrogens with zero attached hydrogens (tertiary/aromatic N) is 3. The topological polar surface area (TPSA) is 110 Å². The summed E-state index contributed by atoms with van der Waals surface area (Å²) < 4.78 is 6.46. The first-order valence-electron chi connectivity index (χ1n) is 5.61. The van der Waals surface area contributed by atoms with E-state index in [1.807, 2.05) is 6.26 Å². The van der Waals surface area contributed by atoms with Gasteiger partial charge in [-0.3, -0.25) is 9.59 Å². The minimum Gasteiger partial charge on any atom is -0.480 e. The van der Waals surface area contributed by atoms with Crippen LogP contribution in [0.4, 0.5) is 0 Å². The van der Waals surface area contributed by atoms with Crippen molar-refractivity contribution >= 4 is 23.6 Å².